The zero-order valence-corrected chi connectivity index (χ0v) is 8.19. The normalized spacial score (nSPS) is 26.4. The molecule has 1 fully saturated rings. The maximum absolute atomic E-state index is 10.9. The Hall–Kier alpha value is -1.59. The number of rotatable bonds is 2. The van der Waals surface area contributed by atoms with Crippen molar-refractivity contribution in [1.82, 2.24) is 15.2 Å². The van der Waals surface area contributed by atoms with E-state index >= 15 is 0 Å². The van der Waals surface area contributed by atoms with Crippen LogP contribution in [0.15, 0.2) is 4.79 Å². The highest BCUT2D eigenvalue weighted by Gasteiger charge is 2.29. The zero-order valence-electron chi connectivity index (χ0n) is 8.19. The van der Waals surface area contributed by atoms with Gasteiger partial charge in [0.1, 0.15) is 5.82 Å². The maximum atomic E-state index is 10.9. The molecule has 2 rings (SSSR count). The van der Waals surface area contributed by atoms with Crippen LogP contribution in [0.1, 0.15) is 37.4 Å². The molecule has 0 amide bonds. The topological polar surface area (TPSA) is 98.8 Å². The summed E-state index contributed by atoms with van der Waals surface area (Å²) in [5.74, 6) is -0.397. The Bertz CT molecular complexity index is 409. The second-order valence-corrected chi connectivity index (χ2v) is 3.96. The SMILES string of the molecule is O=C(O)C1CCCC(c2n[nH]c(=O)[nH]2)C1. The van der Waals surface area contributed by atoms with E-state index < -0.39 is 5.97 Å². The first-order valence-electron chi connectivity index (χ1n) is 5.04. The summed E-state index contributed by atoms with van der Waals surface area (Å²) in [6.07, 6.45) is 3.05. The van der Waals surface area contributed by atoms with Crippen LogP contribution < -0.4 is 5.69 Å². The van der Waals surface area contributed by atoms with Crippen molar-refractivity contribution in [3.8, 4) is 0 Å². The number of carbonyl (C=O) groups is 1. The number of hydrogen-bond donors (Lipinski definition) is 3. The lowest BCUT2D eigenvalue weighted by atomic mass is 9.81. The smallest absolute Gasteiger partial charge is 0.340 e. The lowest BCUT2D eigenvalue weighted by molar-refractivity contribution is -0.143. The molecule has 2 unspecified atom stereocenters. The van der Waals surface area contributed by atoms with Crippen molar-refractivity contribution < 1.29 is 9.90 Å². The van der Waals surface area contributed by atoms with Gasteiger partial charge in [-0.05, 0) is 19.3 Å². The molecule has 6 heteroatoms. The average Bonchev–Trinajstić information content (AvgIpc) is 2.65. The van der Waals surface area contributed by atoms with Crippen molar-refractivity contribution in [2.75, 3.05) is 0 Å². The largest absolute Gasteiger partial charge is 0.481 e. The van der Waals surface area contributed by atoms with E-state index in [0.717, 1.165) is 19.3 Å². The molecule has 1 aromatic rings. The van der Waals surface area contributed by atoms with Crippen LogP contribution in [-0.4, -0.2) is 26.3 Å². The molecule has 2 atom stereocenters. The Morgan fingerprint density at radius 3 is 2.87 bits per heavy atom. The molecule has 1 aromatic heterocycles. The molecular weight excluding hydrogens is 198 g/mol. The number of aromatic nitrogens is 3. The number of nitrogens with one attached hydrogen (secondary N) is 2. The van der Waals surface area contributed by atoms with Gasteiger partial charge in [0.05, 0.1) is 5.92 Å². The van der Waals surface area contributed by atoms with Crippen molar-refractivity contribution in [3.63, 3.8) is 0 Å². The van der Waals surface area contributed by atoms with Gasteiger partial charge in [-0.3, -0.25) is 9.78 Å². The second kappa shape index (κ2) is 3.88. The number of aromatic amines is 2. The first-order valence-corrected chi connectivity index (χ1v) is 5.04. The van der Waals surface area contributed by atoms with Crippen LogP contribution in [0.25, 0.3) is 0 Å². The van der Waals surface area contributed by atoms with Gasteiger partial charge < -0.3 is 5.11 Å². The minimum Gasteiger partial charge on any atom is -0.481 e. The third kappa shape index (κ3) is 2.08. The second-order valence-electron chi connectivity index (χ2n) is 3.96. The van der Waals surface area contributed by atoms with E-state index in [2.05, 4.69) is 15.2 Å². The highest BCUT2D eigenvalue weighted by atomic mass is 16.4. The van der Waals surface area contributed by atoms with Crippen molar-refractivity contribution in [2.24, 2.45) is 5.92 Å². The van der Waals surface area contributed by atoms with Crippen LogP contribution in [0.4, 0.5) is 0 Å². The molecule has 3 N–H and O–H groups in total. The summed E-state index contributed by atoms with van der Waals surface area (Å²) in [5, 5.41) is 15.1. The van der Waals surface area contributed by atoms with Crippen LogP contribution in [0.5, 0.6) is 0 Å². The van der Waals surface area contributed by atoms with Gasteiger partial charge in [0.15, 0.2) is 0 Å². The Balaban J connectivity index is 2.10. The van der Waals surface area contributed by atoms with Crippen molar-refractivity contribution >= 4 is 5.97 Å². The molecule has 1 saturated carbocycles. The number of carboxylic acids is 1. The fourth-order valence-electron chi connectivity index (χ4n) is 2.14. The monoisotopic (exact) mass is 211 g/mol. The van der Waals surface area contributed by atoms with E-state index in [0.29, 0.717) is 12.2 Å². The summed E-state index contributed by atoms with van der Waals surface area (Å²) in [4.78, 5) is 24.3. The molecule has 15 heavy (non-hydrogen) atoms. The molecule has 6 nitrogen and oxygen atoms in total. The van der Waals surface area contributed by atoms with E-state index in [-0.39, 0.29) is 17.5 Å². The van der Waals surface area contributed by atoms with E-state index in [1.54, 1.807) is 0 Å². The third-order valence-corrected chi connectivity index (χ3v) is 2.93. The summed E-state index contributed by atoms with van der Waals surface area (Å²) in [6.45, 7) is 0. The minimum absolute atomic E-state index is 0.0683. The van der Waals surface area contributed by atoms with Crippen molar-refractivity contribution in [3.05, 3.63) is 16.3 Å². The van der Waals surface area contributed by atoms with Crippen molar-refractivity contribution in [1.29, 1.82) is 0 Å². The van der Waals surface area contributed by atoms with Gasteiger partial charge in [-0.2, -0.15) is 5.10 Å². The average molecular weight is 211 g/mol. The van der Waals surface area contributed by atoms with Gasteiger partial charge >= 0.3 is 11.7 Å². The fraction of sp³-hybridized carbons (Fsp3) is 0.667. The maximum Gasteiger partial charge on any atom is 0.340 e. The number of nitrogens with zero attached hydrogens (tertiary/aromatic N) is 1. The predicted octanol–water partition coefficient (Wildman–Crippen LogP) is 0.456. The first-order chi connectivity index (χ1) is 7.16. The molecule has 0 aliphatic heterocycles. The lowest BCUT2D eigenvalue weighted by Crippen LogP contribution is -2.22. The van der Waals surface area contributed by atoms with E-state index in [4.69, 9.17) is 5.11 Å². The molecular formula is C9H13N3O3. The molecule has 0 saturated heterocycles. The Morgan fingerprint density at radius 2 is 2.27 bits per heavy atom. The first kappa shape index (κ1) is 9.95. The standard InChI is InChI=1S/C9H13N3O3/c13-8(14)6-3-1-2-5(4-6)7-10-9(15)12-11-7/h5-6H,1-4H2,(H,13,14)(H2,10,11,12,15). The summed E-state index contributed by atoms with van der Waals surface area (Å²) in [5.41, 5.74) is -0.331. The molecule has 0 aromatic carbocycles. The molecule has 1 aliphatic rings. The van der Waals surface area contributed by atoms with Crippen LogP contribution >= 0.6 is 0 Å². The zero-order chi connectivity index (χ0) is 10.8. The van der Waals surface area contributed by atoms with Gasteiger partial charge in [-0.1, -0.05) is 6.42 Å². The van der Waals surface area contributed by atoms with Gasteiger partial charge in [0.25, 0.3) is 0 Å². The summed E-state index contributed by atoms with van der Waals surface area (Å²) in [6, 6.07) is 0. The van der Waals surface area contributed by atoms with E-state index in [1.807, 2.05) is 0 Å². The van der Waals surface area contributed by atoms with Gasteiger partial charge in [0.2, 0.25) is 0 Å². The predicted molar refractivity (Wildman–Crippen MR) is 51.5 cm³/mol. The lowest BCUT2D eigenvalue weighted by Gasteiger charge is -2.24. The highest BCUT2D eigenvalue weighted by Crippen LogP contribution is 2.34. The van der Waals surface area contributed by atoms with Crippen LogP contribution in [0.3, 0.4) is 0 Å². The van der Waals surface area contributed by atoms with Gasteiger partial charge in [-0.25, -0.2) is 9.89 Å². The van der Waals surface area contributed by atoms with Gasteiger partial charge in [-0.15, -0.1) is 0 Å². The highest BCUT2D eigenvalue weighted by molar-refractivity contribution is 5.70. The fourth-order valence-corrected chi connectivity index (χ4v) is 2.14. The third-order valence-electron chi connectivity index (χ3n) is 2.93. The number of carboxylic acid groups (broad SMARTS) is 1. The summed E-state index contributed by atoms with van der Waals surface area (Å²) >= 11 is 0. The van der Waals surface area contributed by atoms with Crippen LogP contribution in [0.2, 0.25) is 0 Å². The summed E-state index contributed by atoms with van der Waals surface area (Å²) in [7, 11) is 0. The van der Waals surface area contributed by atoms with Crippen molar-refractivity contribution in [2.45, 2.75) is 31.6 Å². The Kier molecular flexibility index (Phi) is 2.57. The van der Waals surface area contributed by atoms with Crippen LogP contribution in [-0.2, 0) is 4.79 Å². The number of aliphatic carboxylic acids is 1. The quantitative estimate of drug-likeness (QED) is 0.661. The molecule has 0 radical (unpaired) electrons. The number of H-pyrrole nitrogens is 2. The van der Waals surface area contributed by atoms with Crippen LogP contribution in [0, 0.1) is 5.92 Å². The molecule has 82 valence electrons. The minimum atomic E-state index is -0.752. The van der Waals surface area contributed by atoms with Gasteiger partial charge in [0, 0.05) is 5.92 Å². The summed E-state index contributed by atoms with van der Waals surface area (Å²) < 4.78 is 0. The molecule has 1 aliphatic carbocycles. The molecule has 1 heterocycles. The molecule has 0 spiro atoms. The van der Waals surface area contributed by atoms with E-state index in [9.17, 15) is 9.59 Å². The molecule has 0 bridgehead atoms. The Labute approximate surface area is 85.7 Å². The number of hydrogen-bond acceptors (Lipinski definition) is 3. The Morgan fingerprint density at radius 1 is 1.47 bits per heavy atom. The van der Waals surface area contributed by atoms with E-state index in [1.165, 1.54) is 0 Å².